The summed E-state index contributed by atoms with van der Waals surface area (Å²) in [7, 11) is 0. The van der Waals surface area contributed by atoms with E-state index in [0.717, 1.165) is 11.4 Å². The summed E-state index contributed by atoms with van der Waals surface area (Å²) >= 11 is 0. The van der Waals surface area contributed by atoms with Crippen LogP contribution in [0.25, 0.3) is 0 Å². The van der Waals surface area contributed by atoms with Crippen LogP contribution in [-0.4, -0.2) is 22.6 Å². The smallest absolute Gasteiger partial charge is 0.131 e. The molecular formula is C32H24N2O4. The van der Waals surface area contributed by atoms with Gasteiger partial charge in [0.25, 0.3) is 0 Å². The molecule has 0 amide bonds. The first kappa shape index (κ1) is 24.3. The van der Waals surface area contributed by atoms with Crippen molar-refractivity contribution in [2.24, 2.45) is 9.98 Å². The van der Waals surface area contributed by atoms with Crippen LogP contribution in [0.15, 0.2) is 131 Å². The summed E-state index contributed by atoms with van der Waals surface area (Å²) in [4.78, 5) is 8.81. The first-order chi connectivity index (χ1) is 18.6. The molecule has 0 fully saturated rings. The van der Waals surface area contributed by atoms with E-state index in [2.05, 4.69) is 9.98 Å². The summed E-state index contributed by atoms with van der Waals surface area (Å²) in [6, 6.07) is 36.2. The van der Waals surface area contributed by atoms with Gasteiger partial charge in [-0.2, -0.15) is 0 Å². The third kappa shape index (κ3) is 6.44. The molecule has 186 valence electrons. The number of phenolic OH excluding ortho intramolecular Hbond substituents is 2. The van der Waals surface area contributed by atoms with Crippen LogP contribution >= 0.6 is 0 Å². The third-order valence-electron chi connectivity index (χ3n) is 5.53. The molecule has 0 saturated carbocycles. The Balaban J connectivity index is 1.20. The number of benzene rings is 5. The molecule has 0 radical (unpaired) electrons. The monoisotopic (exact) mass is 500 g/mol. The Kier molecular flexibility index (Phi) is 7.42. The molecule has 6 nitrogen and oxygen atoms in total. The highest BCUT2D eigenvalue weighted by Gasteiger charge is 2.03. The predicted molar refractivity (Wildman–Crippen MR) is 150 cm³/mol. The zero-order chi connectivity index (χ0) is 26.2. The molecular weight excluding hydrogens is 476 g/mol. The van der Waals surface area contributed by atoms with Gasteiger partial charge >= 0.3 is 0 Å². The molecule has 5 rings (SSSR count). The Morgan fingerprint density at radius 3 is 1.29 bits per heavy atom. The lowest BCUT2D eigenvalue weighted by Crippen LogP contribution is -1.87. The minimum Gasteiger partial charge on any atom is -0.507 e. The van der Waals surface area contributed by atoms with E-state index in [1.807, 2.05) is 84.9 Å². The number of phenols is 2. The van der Waals surface area contributed by atoms with Crippen molar-refractivity contribution < 1.29 is 19.7 Å². The van der Waals surface area contributed by atoms with Crippen LogP contribution < -0.4 is 9.47 Å². The zero-order valence-corrected chi connectivity index (χ0v) is 20.3. The molecule has 5 aromatic rings. The molecule has 0 aliphatic heterocycles. The van der Waals surface area contributed by atoms with Gasteiger partial charge in [-0.25, -0.2) is 0 Å². The van der Waals surface area contributed by atoms with Gasteiger partial charge in [0, 0.05) is 29.6 Å². The maximum absolute atomic E-state index is 9.86. The van der Waals surface area contributed by atoms with E-state index < -0.39 is 0 Å². The van der Waals surface area contributed by atoms with Crippen LogP contribution in [0.4, 0.5) is 11.4 Å². The van der Waals surface area contributed by atoms with Gasteiger partial charge in [0.1, 0.15) is 34.5 Å². The predicted octanol–water partition coefficient (Wildman–Crippen LogP) is 8.18. The highest BCUT2D eigenvalue weighted by Crippen LogP contribution is 2.30. The molecule has 0 aliphatic rings. The van der Waals surface area contributed by atoms with E-state index in [1.54, 1.807) is 48.8 Å². The molecule has 38 heavy (non-hydrogen) atoms. The van der Waals surface area contributed by atoms with Crippen LogP contribution in [0.2, 0.25) is 0 Å². The largest absolute Gasteiger partial charge is 0.507 e. The van der Waals surface area contributed by atoms with Gasteiger partial charge in [-0.05, 0) is 84.9 Å². The van der Waals surface area contributed by atoms with Gasteiger partial charge < -0.3 is 19.7 Å². The summed E-state index contributed by atoms with van der Waals surface area (Å²) in [5.41, 5.74) is 2.79. The van der Waals surface area contributed by atoms with Gasteiger partial charge in [0.05, 0.1) is 11.4 Å². The summed E-state index contributed by atoms with van der Waals surface area (Å²) in [6.45, 7) is 0. The molecule has 0 saturated heterocycles. The van der Waals surface area contributed by atoms with Gasteiger partial charge in [-0.3, -0.25) is 9.98 Å². The van der Waals surface area contributed by atoms with Crippen molar-refractivity contribution in [3.05, 3.63) is 132 Å². The van der Waals surface area contributed by atoms with Crippen molar-refractivity contribution in [1.82, 2.24) is 0 Å². The minimum atomic E-state index is 0.187. The molecule has 0 spiro atoms. The zero-order valence-electron chi connectivity index (χ0n) is 20.3. The highest BCUT2D eigenvalue weighted by molar-refractivity contribution is 5.85. The average Bonchev–Trinajstić information content (AvgIpc) is 2.94. The standard InChI is InChI=1S/C32H24N2O4/c35-31-10-3-1-6-23(31)21-33-25-12-16-27(17-13-25)37-29-8-5-9-30(20-29)38-28-18-14-26(15-19-28)34-22-24-7-2-4-11-32(24)36/h1-22,35-36H. The lowest BCUT2D eigenvalue weighted by molar-refractivity contribution is 0.460. The molecule has 0 heterocycles. The number of hydrogen-bond donors (Lipinski definition) is 2. The van der Waals surface area contributed by atoms with Crippen LogP contribution in [-0.2, 0) is 0 Å². The van der Waals surface area contributed by atoms with Crippen molar-refractivity contribution in [2.45, 2.75) is 0 Å². The Labute approximate surface area is 220 Å². The molecule has 0 aliphatic carbocycles. The Morgan fingerprint density at radius 2 is 0.868 bits per heavy atom. The number of para-hydroxylation sites is 2. The number of ether oxygens (including phenoxy) is 2. The molecule has 0 bridgehead atoms. The van der Waals surface area contributed by atoms with E-state index in [0.29, 0.717) is 34.1 Å². The van der Waals surface area contributed by atoms with Crippen molar-refractivity contribution >= 4 is 23.8 Å². The first-order valence-corrected chi connectivity index (χ1v) is 11.9. The number of aliphatic imine (C=N–C) groups is 2. The fraction of sp³-hybridized carbons (Fsp3) is 0. The maximum atomic E-state index is 9.86. The second-order valence-electron chi connectivity index (χ2n) is 8.30. The highest BCUT2D eigenvalue weighted by atomic mass is 16.5. The van der Waals surface area contributed by atoms with Crippen molar-refractivity contribution in [1.29, 1.82) is 0 Å². The molecule has 5 aromatic carbocycles. The Hall–Kier alpha value is -5.36. The first-order valence-electron chi connectivity index (χ1n) is 11.9. The fourth-order valence-electron chi connectivity index (χ4n) is 3.56. The Morgan fingerprint density at radius 1 is 0.447 bits per heavy atom. The van der Waals surface area contributed by atoms with E-state index in [-0.39, 0.29) is 11.5 Å². The maximum Gasteiger partial charge on any atom is 0.131 e. The summed E-state index contributed by atoms with van der Waals surface area (Å²) in [5, 5.41) is 19.7. The molecule has 0 unspecified atom stereocenters. The van der Waals surface area contributed by atoms with Gasteiger partial charge in [-0.15, -0.1) is 0 Å². The fourth-order valence-corrected chi connectivity index (χ4v) is 3.56. The van der Waals surface area contributed by atoms with Crippen LogP contribution in [0, 0.1) is 0 Å². The van der Waals surface area contributed by atoms with Crippen molar-refractivity contribution in [3.63, 3.8) is 0 Å². The topological polar surface area (TPSA) is 83.6 Å². The summed E-state index contributed by atoms with van der Waals surface area (Å²) < 4.78 is 12.0. The van der Waals surface area contributed by atoms with E-state index in [9.17, 15) is 10.2 Å². The van der Waals surface area contributed by atoms with Crippen LogP contribution in [0.3, 0.4) is 0 Å². The number of aromatic hydroxyl groups is 2. The van der Waals surface area contributed by atoms with E-state index in [4.69, 9.17) is 9.47 Å². The number of hydrogen-bond acceptors (Lipinski definition) is 6. The molecule has 0 aromatic heterocycles. The second kappa shape index (κ2) is 11.6. The lowest BCUT2D eigenvalue weighted by Gasteiger charge is -2.09. The molecule has 6 heteroatoms. The second-order valence-corrected chi connectivity index (χ2v) is 8.30. The van der Waals surface area contributed by atoms with Crippen molar-refractivity contribution in [3.8, 4) is 34.5 Å². The average molecular weight is 501 g/mol. The van der Waals surface area contributed by atoms with Crippen molar-refractivity contribution in [2.75, 3.05) is 0 Å². The molecule has 0 atom stereocenters. The third-order valence-corrected chi connectivity index (χ3v) is 5.53. The van der Waals surface area contributed by atoms with E-state index >= 15 is 0 Å². The molecule has 2 N–H and O–H groups in total. The van der Waals surface area contributed by atoms with Crippen LogP contribution in [0.1, 0.15) is 11.1 Å². The number of nitrogens with zero attached hydrogens (tertiary/aromatic N) is 2. The SMILES string of the molecule is Oc1ccccc1C=Nc1ccc(Oc2cccc(Oc3ccc(N=Cc4ccccc4O)cc3)c2)cc1. The summed E-state index contributed by atoms with van der Waals surface area (Å²) in [5.74, 6) is 2.97. The van der Waals surface area contributed by atoms with Gasteiger partial charge in [-0.1, -0.05) is 30.3 Å². The van der Waals surface area contributed by atoms with Crippen LogP contribution in [0.5, 0.6) is 34.5 Å². The van der Waals surface area contributed by atoms with Gasteiger partial charge in [0.15, 0.2) is 0 Å². The number of rotatable bonds is 8. The van der Waals surface area contributed by atoms with E-state index in [1.165, 1.54) is 0 Å². The Bertz CT molecular complexity index is 1460. The quantitative estimate of drug-likeness (QED) is 0.210. The lowest BCUT2D eigenvalue weighted by atomic mass is 10.2. The van der Waals surface area contributed by atoms with Gasteiger partial charge in [0.2, 0.25) is 0 Å². The minimum absolute atomic E-state index is 0.187. The summed E-state index contributed by atoms with van der Waals surface area (Å²) in [6.07, 6.45) is 3.25. The normalized spacial score (nSPS) is 11.2.